The van der Waals surface area contributed by atoms with Crippen molar-refractivity contribution in [3.05, 3.63) is 90.1 Å². The van der Waals surface area contributed by atoms with Crippen LogP contribution in [0.2, 0.25) is 0 Å². The number of nitriles is 1. The minimum atomic E-state index is -1.02. The number of carbonyl (C=O) groups excluding carboxylic acids is 1. The van der Waals surface area contributed by atoms with Crippen LogP contribution in [0.4, 0.5) is 26.0 Å². The molecule has 5 aromatic rings. The second-order valence-corrected chi connectivity index (χ2v) is 8.90. The molecule has 0 aliphatic carbocycles. The Labute approximate surface area is 215 Å². The number of amides is 1. The van der Waals surface area contributed by atoms with E-state index in [9.17, 15) is 14.4 Å². The molecule has 3 N–H and O–H groups in total. The highest BCUT2D eigenvalue weighted by Gasteiger charge is 2.23. The lowest BCUT2D eigenvalue weighted by atomic mass is 9.85. The number of fused-ring (bicyclic) bond motifs is 1. The maximum absolute atomic E-state index is 15.5. The van der Waals surface area contributed by atoms with E-state index in [0.29, 0.717) is 28.0 Å². The molecule has 0 atom stereocenters. The molecule has 188 valence electrons. The molecule has 2 aromatic carbocycles. The van der Waals surface area contributed by atoms with Crippen LogP contribution >= 0.6 is 0 Å². The van der Waals surface area contributed by atoms with Crippen molar-refractivity contribution >= 4 is 34.3 Å². The zero-order valence-corrected chi connectivity index (χ0v) is 20.3. The van der Waals surface area contributed by atoms with Crippen LogP contribution in [-0.4, -0.2) is 30.8 Å². The normalized spacial score (nSPS) is 11.2. The highest BCUT2D eigenvalue weighted by Crippen LogP contribution is 2.33. The zero-order chi connectivity index (χ0) is 26.9. The van der Waals surface area contributed by atoms with E-state index in [4.69, 9.17) is 0 Å². The summed E-state index contributed by atoms with van der Waals surface area (Å²) in [6.45, 7) is 3.42. The lowest BCUT2D eigenvalue weighted by molar-refractivity contribution is 0.102. The number of anilines is 3. The summed E-state index contributed by atoms with van der Waals surface area (Å²) in [5, 5.41) is 14.6. The summed E-state index contributed by atoms with van der Waals surface area (Å²) < 4.78 is 30.2. The van der Waals surface area contributed by atoms with Gasteiger partial charge in [0.1, 0.15) is 34.9 Å². The van der Waals surface area contributed by atoms with Crippen LogP contribution in [0.3, 0.4) is 0 Å². The van der Waals surface area contributed by atoms with Crippen molar-refractivity contribution < 1.29 is 13.6 Å². The molecule has 0 saturated heterocycles. The molecule has 0 aliphatic rings. The molecule has 3 aromatic heterocycles. The second kappa shape index (κ2) is 9.67. The summed E-state index contributed by atoms with van der Waals surface area (Å²) in [6.07, 6.45) is 4.35. The van der Waals surface area contributed by atoms with Gasteiger partial charge >= 0.3 is 0 Å². The van der Waals surface area contributed by atoms with E-state index in [2.05, 4.69) is 41.6 Å². The van der Waals surface area contributed by atoms with Gasteiger partial charge in [0.15, 0.2) is 11.5 Å². The molecule has 0 aliphatic heterocycles. The summed E-state index contributed by atoms with van der Waals surface area (Å²) >= 11 is 0. The molecule has 0 radical (unpaired) electrons. The number of carbonyl (C=O) groups is 1. The molecule has 9 nitrogen and oxygen atoms in total. The number of halogens is 2. The fourth-order valence-electron chi connectivity index (χ4n) is 3.86. The number of nitrogens with one attached hydrogen (secondary N) is 3. The van der Waals surface area contributed by atoms with Crippen molar-refractivity contribution in [2.24, 2.45) is 0 Å². The van der Waals surface area contributed by atoms with E-state index in [1.54, 1.807) is 38.1 Å². The Morgan fingerprint density at radius 1 is 1.05 bits per heavy atom. The Morgan fingerprint density at radius 2 is 1.89 bits per heavy atom. The fourth-order valence-corrected chi connectivity index (χ4v) is 3.86. The van der Waals surface area contributed by atoms with Crippen molar-refractivity contribution in [1.29, 1.82) is 5.26 Å². The summed E-state index contributed by atoms with van der Waals surface area (Å²) in [4.78, 5) is 32.7. The Bertz CT molecular complexity index is 1720. The van der Waals surface area contributed by atoms with Gasteiger partial charge in [-0.15, -0.1) is 0 Å². The van der Waals surface area contributed by atoms with Crippen molar-refractivity contribution in [3.63, 3.8) is 0 Å². The van der Waals surface area contributed by atoms with Crippen molar-refractivity contribution in [2.75, 3.05) is 10.6 Å². The molecule has 1 amide bonds. The Kier molecular flexibility index (Phi) is 6.22. The predicted octanol–water partition coefficient (Wildman–Crippen LogP) is 5.49. The number of imidazole rings is 1. The van der Waals surface area contributed by atoms with Crippen LogP contribution in [0.1, 0.15) is 29.8 Å². The summed E-state index contributed by atoms with van der Waals surface area (Å²) in [5.41, 5.74) is 1.20. The van der Waals surface area contributed by atoms with Gasteiger partial charge in [-0.2, -0.15) is 5.26 Å². The lowest BCUT2D eigenvalue weighted by Gasteiger charge is -2.17. The van der Waals surface area contributed by atoms with Gasteiger partial charge in [0.25, 0.3) is 5.91 Å². The predicted molar refractivity (Wildman–Crippen MR) is 138 cm³/mol. The van der Waals surface area contributed by atoms with E-state index in [1.165, 1.54) is 37.1 Å². The molecule has 0 fully saturated rings. The molecule has 38 heavy (non-hydrogen) atoms. The summed E-state index contributed by atoms with van der Waals surface area (Å²) in [5.74, 6) is -2.45. The quantitative estimate of drug-likeness (QED) is 0.275. The van der Waals surface area contributed by atoms with Crippen LogP contribution < -0.4 is 10.6 Å². The van der Waals surface area contributed by atoms with Crippen LogP contribution in [0.15, 0.2) is 67.4 Å². The third kappa shape index (κ3) is 4.51. The number of nitrogens with zero attached hydrogens (tertiary/aromatic N) is 5. The number of aromatic amines is 1. The van der Waals surface area contributed by atoms with Crippen molar-refractivity contribution in [2.45, 2.75) is 19.3 Å². The third-order valence-electron chi connectivity index (χ3n) is 5.99. The average molecular weight is 511 g/mol. The topological polar surface area (TPSA) is 132 Å². The number of pyridine rings is 1. The van der Waals surface area contributed by atoms with E-state index < -0.39 is 28.6 Å². The van der Waals surface area contributed by atoms with Crippen LogP contribution in [0.5, 0.6) is 0 Å². The van der Waals surface area contributed by atoms with Crippen LogP contribution in [0, 0.1) is 23.0 Å². The number of aromatic nitrogens is 5. The molecular formula is C27H20F2N8O. The number of H-pyrrole nitrogens is 1. The second-order valence-electron chi connectivity index (χ2n) is 8.90. The van der Waals surface area contributed by atoms with Crippen LogP contribution in [-0.2, 0) is 5.41 Å². The van der Waals surface area contributed by atoms with Gasteiger partial charge < -0.3 is 15.6 Å². The monoisotopic (exact) mass is 510 g/mol. The van der Waals surface area contributed by atoms with E-state index in [1.807, 2.05) is 0 Å². The standard InChI is InChI=1S/C27H20F2N8O/c1-27(2,12-30)16-6-3-5-15(11-16)26(38)37-22-18(28)8-9-19(20(22)29)36-24-17(7-4-10-31-24)21-23-25(34-13-32-21)35-14-33-23/h3-11,13-14H,1-2H3,(H,31,36)(H,37,38)(H,32,33,34,35). The first-order valence-electron chi connectivity index (χ1n) is 11.5. The molecular weight excluding hydrogens is 490 g/mol. The van der Waals surface area contributed by atoms with E-state index in [-0.39, 0.29) is 17.1 Å². The Balaban J connectivity index is 1.47. The van der Waals surface area contributed by atoms with Crippen LogP contribution in [0.25, 0.3) is 22.4 Å². The maximum Gasteiger partial charge on any atom is 0.255 e. The third-order valence-corrected chi connectivity index (χ3v) is 5.99. The Hall–Kier alpha value is -5.24. The lowest BCUT2D eigenvalue weighted by Crippen LogP contribution is -2.18. The van der Waals surface area contributed by atoms with Gasteiger partial charge in [0, 0.05) is 17.3 Å². The van der Waals surface area contributed by atoms with E-state index >= 15 is 4.39 Å². The van der Waals surface area contributed by atoms with E-state index in [0.717, 1.165) is 6.07 Å². The first-order valence-corrected chi connectivity index (χ1v) is 11.5. The first-order chi connectivity index (χ1) is 18.3. The largest absolute Gasteiger partial charge is 0.341 e. The van der Waals surface area contributed by atoms with Gasteiger partial charge in [-0.3, -0.25) is 4.79 Å². The molecule has 0 unspecified atom stereocenters. The Morgan fingerprint density at radius 3 is 2.71 bits per heavy atom. The number of rotatable bonds is 6. The smallest absolute Gasteiger partial charge is 0.255 e. The van der Waals surface area contributed by atoms with Gasteiger partial charge in [-0.25, -0.2) is 28.7 Å². The maximum atomic E-state index is 15.5. The number of hydrogen-bond donors (Lipinski definition) is 3. The van der Waals surface area contributed by atoms with Crippen molar-refractivity contribution in [1.82, 2.24) is 24.9 Å². The molecule has 0 spiro atoms. The summed E-state index contributed by atoms with van der Waals surface area (Å²) in [7, 11) is 0. The minimum absolute atomic E-state index is 0.115. The number of hydrogen-bond acceptors (Lipinski definition) is 7. The summed E-state index contributed by atoms with van der Waals surface area (Å²) in [6, 6.07) is 14.2. The van der Waals surface area contributed by atoms with Gasteiger partial charge in [-0.1, -0.05) is 12.1 Å². The molecule has 0 bridgehead atoms. The average Bonchev–Trinajstić information content (AvgIpc) is 3.42. The van der Waals surface area contributed by atoms with Gasteiger partial charge in [0.05, 0.1) is 23.5 Å². The first kappa shape index (κ1) is 24.5. The molecule has 3 heterocycles. The molecule has 0 saturated carbocycles. The highest BCUT2D eigenvalue weighted by atomic mass is 19.1. The SMILES string of the molecule is CC(C)(C#N)c1cccc(C(=O)Nc2c(F)ccc(Nc3ncccc3-c3ncnc4nc[nH]c34)c2F)c1. The highest BCUT2D eigenvalue weighted by molar-refractivity contribution is 6.05. The van der Waals surface area contributed by atoms with Gasteiger partial charge in [-0.05, 0) is 55.8 Å². The molecule has 5 rings (SSSR count). The van der Waals surface area contributed by atoms with Gasteiger partial charge in [0.2, 0.25) is 0 Å². The van der Waals surface area contributed by atoms with Crippen molar-refractivity contribution in [3.8, 4) is 17.3 Å². The fraction of sp³-hybridized carbons (Fsp3) is 0.111. The zero-order valence-electron chi connectivity index (χ0n) is 20.3. The molecule has 11 heteroatoms. The minimum Gasteiger partial charge on any atom is -0.341 e. The number of benzene rings is 2.